The van der Waals surface area contributed by atoms with Gasteiger partial charge in [0.15, 0.2) is 10.9 Å². The highest BCUT2D eigenvalue weighted by Gasteiger charge is 2.28. The molecule has 0 bridgehead atoms. The van der Waals surface area contributed by atoms with Gasteiger partial charge in [0.2, 0.25) is 5.91 Å². The summed E-state index contributed by atoms with van der Waals surface area (Å²) in [5.74, 6) is -0.0124. The van der Waals surface area contributed by atoms with Crippen LogP contribution in [0.2, 0.25) is 0 Å². The Hall–Kier alpha value is -1.97. The van der Waals surface area contributed by atoms with Crippen molar-refractivity contribution in [1.29, 1.82) is 0 Å². The number of nitrogens with zero attached hydrogens (tertiary/aromatic N) is 4. The van der Waals surface area contributed by atoms with E-state index in [2.05, 4.69) is 25.2 Å². The highest BCUT2D eigenvalue weighted by Crippen LogP contribution is 2.24. The Balaban J connectivity index is 1.60. The molecule has 3 rings (SSSR count). The van der Waals surface area contributed by atoms with Gasteiger partial charge in [0.25, 0.3) is 0 Å². The van der Waals surface area contributed by atoms with Crippen molar-refractivity contribution < 1.29 is 13.9 Å². The first-order valence-electron chi connectivity index (χ1n) is 8.05. The Kier molecular flexibility index (Phi) is 5.67. The maximum absolute atomic E-state index is 13.0. The summed E-state index contributed by atoms with van der Waals surface area (Å²) in [5.41, 5.74) is 0. The number of hydrogen-bond donors (Lipinski definition) is 1. The Bertz CT molecular complexity index is 724. The zero-order chi connectivity index (χ0) is 17.8. The van der Waals surface area contributed by atoms with Crippen LogP contribution in [-0.4, -0.2) is 51.6 Å². The van der Waals surface area contributed by atoms with Crippen molar-refractivity contribution in [3.63, 3.8) is 0 Å². The lowest BCUT2D eigenvalue weighted by atomic mass is 10.0. The molecule has 1 N–H and O–H groups in total. The van der Waals surface area contributed by atoms with Crippen LogP contribution < -0.4 is 5.32 Å². The van der Waals surface area contributed by atoms with Gasteiger partial charge < -0.3 is 10.1 Å². The van der Waals surface area contributed by atoms with Gasteiger partial charge in [0, 0.05) is 43.5 Å². The third kappa shape index (κ3) is 4.77. The SMILES string of the molecule is CC(=O)Nc1ncc(CN2CCO[C@@H]([C@@H](C)c3ncc(F)cn3)C2)s1. The molecule has 25 heavy (non-hydrogen) atoms. The number of thiazole rings is 1. The van der Waals surface area contributed by atoms with Crippen molar-refractivity contribution in [3.8, 4) is 0 Å². The summed E-state index contributed by atoms with van der Waals surface area (Å²) in [4.78, 5) is 26.8. The molecule has 0 aliphatic carbocycles. The van der Waals surface area contributed by atoms with Crippen molar-refractivity contribution in [2.24, 2.45) is 0 Å². The van der Waals surface area contributed by atoms with Crippen LogP contribution in [0, 0.1) is 5.82 Å². The Morgan fingerprint density at radius 1 is 1.44 bits per heavy atom. The molecular formula is C16H20FN5O2S. The minimum absolute atomic E-state index is 0.0280. The van der Waals surface area contributed by atoms with Gasteiger partial charge in [-0.25, -0.2) is 19.3 Å². The summed E-state index contributed by atoms with van der Waals surface area (Å²) >= 11 is 1.47. The van der Waals surface area contributed by atoms with Crippen molar-refractivity contribution in [2.45, 2.75) is 32.4 Å². The van der Waals surface area contributed by atoms with Crippen molar-refractivity contribution in [1.82, 2.24) is 19.9 Å². The standard InChI is InChI=1S/C16H20FN5O2S/c1-10(15-18-5-12(17)6-19-15)14-9-22(3-4-24-14)8-13-7-20-16(25-13)21-11(2)23/h5-7,10,14H,3-4,8-9H2,1-2H3,(H,20,21,23)/t10-,14-/m1/s1. The van der Waals surface area contributed by atoms with Gasteiger partial charge >= 0.3 is 0 Å². The number of hydrogen-bond acceptors (Lipinski definition) is 7. The predicted octanol–water partition coefficient (Wildman–Crippen LogP) is 2.04. The fourth-order valence-corrected chi connectivity index (χ4v) is 3.61. The summed E-state index contributed by atoms with van der Waals surface area (Å²) in [6.07, 6.45) is 4.09. The minimum Gasteiger partial charge on any atom is -0.375 e. The molecule has 134 valence electrons. The Labute approximate surface area is 149 Å². The largest absolute Gasteiger partial charge is 0.375 e. The van der Waals surface area contributed by atoms with Crippen LogP contribution in [-0.2, 0) is 16.1 Å². The monoisotopic (exact) mass is 365 g/mol. The third-order valence-corrected chi connectivity index (χ3v) is 4.90. The number of amides is 1. The molecule has 7 nitrogen and oxygen atoms in total. The normalized spacial score (nSPS) is 19.6. The van der Waals surface area contributed by atoms with Crippen LogP contribution in [0.25, 0.3) is 0 Å². The molecule has 0 spiro atoms. The number of carbonyl (C=O) groups excluding carboxylic acids is 1. The average molecular weight is 365 g/mol. The summed E-state index contributed by atoms with van der Waals surface area (Å²) in [5, 5.41) is 3.31. The van der Waals surface area contributed by atoms with E-state index in [0.29, 0.717) is 17.6 Å². The summed E-state index contributed by atoms with van der Waals surface area (Å²) in [6.45, 7) is 6.37. The van der Waals surface area contributed by atoms with Crippen molar-refractivity contribution in [3.05, 3.63) is 35.1 Å². The van der Waals surface area contributed by atoms with Crippen LogP contribution in [0.15, 0.2) is 18.6 Å². The topological polar surface area (TPSA) is 80.2 Å². The predicted molar refractivity (Wildman–Crippen MR) is 91.8 cm³/mol. The molecule has 2 atom stereocenters. The average Bonchev–Trinajstić information content (AvgIpc) is 3.01. The summed E-state index contributed by atoms with van der Waals surface area (Å²) in [7, 11) is 0. The number of anilines is 1. The number of rotatable bonds is 5. The number of carbonyl (C=O) groups is 1. The van der Waals surface area contributed by atoms with Crippen molar-refractivity contribution >= 4 is 22.4 Å². The van der Waals surface area contributed by atoms with Gasteiger partial charge in [-0.1, -0.05) is 6.92 Å². The van der Waals surface area contributed by atoms with Gasteiger partial charge in [0.1, 0.15) is 5.82 Å². The fraction of sp³-hybridized carbons (Fsp3) is 0.500. The van der Waals surface area contributed by atoms with Crippen LogP contribution in [0.1, 0.15) is 30.5 Å². The van der Waals surface area contributed by atoms with Gasteiger partial charge in [-0.3, -0.25) is 9.69 Å². The van der Waals surface area contributed by atoms with Gasteiger partial charge in [-0.2, -0.15) is 0 Å². The summed E-state index contributed by atoms with van der Waals surface area (Å²) < 4.78 is 18.8. The second-order valence-electron chi connectivity index (χ2n) is 6.01. The lowest BCUT2D eigenvalue weighted by Gasteiger charge is -2.35. The Morgan fingerprint density at radius 3 is 2.92 bits per heavy atom. The summed E-state index contributed by atoms with van der Waals surface area (Å²) in [6, 6.07) is 0. The van der Waals surface area contributed by atoms with E-state index >= 15 is 0 Å². The lowest BCUT2D eigenvalue weighted by Crippen LogP contribution is -2.44. The van der Waals surface area contributed by atoms with E-state index in [1.807, 2.05) is 6.92 Å². The molecule has 2 aromatic heterocycles. The second-order valence-corrected chi connectivity index (χ2v) is 7.12. The number of halogens is 1. The minimum atomic E-state index is -0.442. The van der Waals surface area contributed by atoms with E-state index in [4.69, 9.17) is 4.74 Å². The molecule has 3 heterocycles. The van der Waals surface area contributed by atoms with Crippen LogP contribution >= 0.6 is 11.3 Å². The molecule has 0 radical (unpaired) electrons. The quantitative estimate of drug-likeness (QED) is 0.873. The van der Waals surface area contributed by atoms with E-state index in [-0.39, 0.29) is 17.9 Å². The molecule has 9 heteroatoms. The maximum Gasteiger partial charge on any atom is 0.223 e. The van der Waals surface area contributed by atoms with Crippen molar-refractivity contribution in [2.75, 3.05) is 25.0 Å². The first-order chi connectivity index (χ1) is 12.0. The highest BCUT2D eigenvalue weighted by atomic mass is 32.1. The van der Waals surface area contributed by atoms with Gasteiger partial charge in [-0.15, -0.1) is 11.3 Å². The first kappa shape index (κ1) is 17.8. The first-order valence-corrected chi connectivity index (χ1v) is 8.86. The van der Waals surface area contributed by atoms with Crippen LogP contribution in [0.4, 0.5) is 9.52 Å². The molecule has 0 aromatic carbocycles. The van der Waals surface area contributed by atoms with E-state index < -0.39 is 5.82 Å². The fourth-order valence-electron chi connectivity index (χ4n) is 2.71. The molecule has 0 unspecified atom stereocenters. The van der Waals surface area contributed by atoms with E-state index in [1.54, 1.807) is 6.20 Å². The zero-order valence-corrected chi connectivity index (χ0v) is 14.9. The number of aromatic nitrogens is 3. The number of ether oxygens (including phenoxy) is 1. The second kappa shape index (κ2) is 7.94. The van der Waals surface area contributed by atoms with E-state index in [9.17, 15) is 9.18 Å². The highest BCUT2D eigenvalue weighted by molar-refractivity contribution is 7.15. The van der Waals surface area contributed by atoms with Gasteiger partial charge in [-0.05, 0) is 0 Å². The Morgan fingerprint density at radius 2 is 2.20 bits per heavy atom. The van der Waals surface area contributed by atoms with Crippen LogP contribution in [0.3, 0.4) is 0 Å². The molecule has 2 aromatic rings. The molecule has 1 saturated heterocycles. The maximum atomic E-state index is 13.0. The molecular weight excluding hydrogens is 345 g/mol. The smallest absolute Gasteiger partial charge is 0.223 e. The molecule has 1 aliphatic rings. The number of morpholine rings is 1. The zero-order valence-electron chi connectivity index (χ0n) is 14.1. The molecule has 1 fully saturated rings. The third-order valence-electron chi connectivity index (χ3n) is 4.00. The number of nitrogens with one attached hydrogen (secondary N) is 1. The van der Waals surface area contributed by atoms with Crippen LogP contribution in [0.5, 0.6) is 0 Å². The molecule has 0 saturated carbocycles. The van der Waals surface area contributed by atoms with Gasteiger partial charge in [0.05, 0.1) is 25.1 Å². The van der Waals surface area contributed by atoms with E-state index in [0.717, 1.165) is 24.5 Å². The van der Waals surface area contributed by atoms with E-state index in [1.165, 1.54) is 30.7 Å². The molecule has 1 aliphatic heterocycles. The lowest BCUT2D eigenvalue weighted by molar-refractivity contribution is -0.114. The molecule has 1 amide bonds.